The van der Waals surface area contributed by atoms with E-state index in [2.05, 4.69) is 5.16 Å². The zero-order chi connectivity index (χ0) is 12.0. The van der Waals surface area contributed by atoms with E-state index in [9.17, 15) is 4.39 Å². The van der Waals surface area contributed by atoms with Gasteiger partial charge in [0, 0.05) is 6.42 Å². The smallest absolute Gasteiger partial charge is 0.175 e. The first-order valence-corrected chi connectivity index (χ1v) is 5.03. The first-order valence-electron chi connectivity index (χ1n) is 4.66. The van der Waals surface area contributed by atoms with Crippen molar-refractivity contribution in [2.24, 2.45) is 10.9 Å². The standard InChI is InChI=1S/C10H12ClFN2O2/c11-7-3-1-4-8(16-6-2-5-12)9(7)10(13)14-15/h1,3-4,15H,2,5-6H2,(H2,13,14). The minimum absolute atomic E-state index is 0.138. The van der Waals surface area contributed by atoms with Gasteiger partial charge in [-0.1, -0.05) is 22.8 Å². The monoisotopic (exact) mass is 246 g/mol. The number of benzene rings is 1. The molecule has 0 aliphatic heterocycles. The van der Waals surface area contributed by atoms with Gasteiger partial charge in [0.25, 0.3) is 0 Å². The van der Waals surface area contributed by atoms with Gasteiger partial charge in [-0.15, -0.1) is 0 Å². The summed E-state index contributed by atoms with van der Waals surface area (Å²) in [5.41, 5.74) is 5.77. The first kappa shape index (κ1) is 12.6. The van der Waals surface area contributed by atoms with Crippen molar-refractivity contribution in [3.63, 3.8) is 0 Å². The lowest BCUT2D eigenvalue weighted by molar-refractivity contribution is 0.288. The molecule has 0 aliphatic rings. The van der Waals surface area contributed by atoms with E-state index in [0.29, 0.717) is 16.3 Å². The Hall–Kier alpha value is -1.49. The third kappa shape index (κ3) is 3.00. The Morgan fingerprint density at radius 2 is 2.31 bits per heavy atom. The van der Waals surface area contributed by atoms with E-state index < -0.39 is 6.67 Å². The van der Waals surface area contributed by atoms with Gasteiger partial charge in [0.15, 0.2) is 5.84 Å². The maximum atomic E-state index is 11.9. The highest BCUT2D eigenvalue weighted by molar-refractivity contribution is 6.34. The van der Waals surface area contributed by atoms with Crippen molar-refractivity contribution in [3.05, 3.63) is 28.8 Å². The van der Waals surface area contributed by atoms with Crippen molar-refractivity contribution >= 4 is 17.4 Å². The SMILES string of the molecule is N/C(=N/O)c1c(Cl)cccc1OCCCF. The number of halogens is 2. The molecule has 0 bridgehead atoms. The fourth-order valence-electron chi connectivity index (χ4n) is 1.16. The highest BCUT2D eigenvalue weighted by Crippen LogP contribution is 2.26. The van der Waals surface area contributed by atoms with E-state index in [1.165, 1.54) is 0 Å². The van der Waals surface area contributed by atoms with Gasteiger partial charge in [0.05, 0.1) is 23.9 Å². The summed E-state index contributed by atoms with van der Waals surface area (Å²) in [7, 11) is 0. The van der Waals surface area contributed by atoms with E-state index in [1.54, 1.807) is 18.2 Å². The number of oxime groups is 1. The number of rotatable bonds is 5. The lowest BCUT2D eigenvalue weighted by atomic mass is 10.2. The van der Waals surface area contributed by atoms with Crippen LogP contribution in [0.25, 0.3) is 0 Å². The van der Waals surface area contributed by atoms with Crippen LogP contribution in [0, 0.1) is 0 Å². The molecule has 0 unspecified atom stereocenters. The Kier molecular flexibility index (Phi) is 4.85. The fraction of sp³-hybridized carbons (Fsp3) is 0.300. The van der Waals surface area contributed by atoms with Crippen molar-refractivity contribution in [1.82, 2.24) is 0 Å². The molecule has 0 spiro atoms. The summed E-state index contributed by atoms with van der Waals surface area (Å²) < 4.78 is 17.2. The molecule has 0 heterocycles. The number of alkyl halides is 1. The van der Waals surface area contributed by atoms with Crippen molar-refractivity contribution in [2.45, 2.75) is 6.42 Å². The van der Waals surface area contributed by atoms with Crippen LogP contribution in [0.2, 0.25) is 5.02 Å². The van der Waals surface area contributed by atoms with Gasteiger partial charge >= 0.3 is 0 Å². The molecule has 0 saturated heterocycles. The van der Waals surface area contributed by atoms with Gasteiger partial charge in [0.1, 0.15) is 5.75 Å². The zero-order valence-electron chi connectivity index (χ0n) is 8.49. The Balaban J connectivity index is 2.94. The molecule has 3 N–H and O–H groups in total. The fourth-order valence-corrected chi connectivity index (χ4v) is 1.42. The average molecular weight is 247 g/mol. The highest BCUT2D eigenvalue weighted by atomic mass is 35.5. The van der Waals surface area contributed by atoms with Crippen LogP contribution in [0.1, 0.15) is 12.0 Å². The van der Waals surface area contributed by atoms with E-state index in [4.69, 9.17) is 27.3 Å². The van der Waals surface area contributed by atoms with Crippen LogP contribution in [0.3, 0.4) is 0 Å². The van der Waals surface area contributed by atoms with Crippen molar-refractivity contribution in [3.8, 4) is 5.75 Å². The van der Waals surface area contributed by atoms with Crippen molar-refractivity contribution in [2.75, 3.05) is 13.3 Å². The number of ether oxygens (including phenoxy) is 1. The van der Waals surface area contributed by atoms with Gasteiger partial charge in [-0.3, -0.25) is 4.39 Å². The summed E-state index contributed by atoms with van der Waals surface area (Å²) in [4.78, 5) is 0. The third-order valence-electron chi connectivity index (χ3n) is 1.87. The zero-order valence-corrected chi connectivity index (χ0v) is 9.25. The molecule has 0 amide bonds. The predicted molar refractivity (Wildman–Crippen MR) is 60.0 cm³/mol. The molecule has 6 heteroatoms. The molecular weight excluding hydrogens is 235 g/mol. The van der Waals surface area contributed by atoms with Gasteiger partial charge in [-0.05, 0) is 12.1 Å². The van der Waals surface area contributed by atoms with E-state index >= 15 is 0 Å². The lowest BCUT2D eigenvalue weighted by Gasteiger charge is -2.11. The molecule has 0 saturated carbocycles. The predicted octanol–water partition coefficient (Wildman–Crippen LogP) is 2.17. The maximum Gasteiger partial charge on any atom is 0.175 e. The summed E-state index contributed by atoms with van der Waals surface area (Å²) in [6.45, 7) is -0.248. The third-order valence-corrected chi connectivity index (χ3v) is 2.19. The Bertz CT molecular complexity index is 385. The first-order chi connectivity index (χ1) is 7.70. The van der Waals surface area contributed by atoms with Crippen LogP contribution < -0.4 is 10.5 Å². The topological polar surface area (TPSA) is 67.8 Å². The quantitative estimate of drug-likeness (QED) is 0.275. The molecule has 0 aliphatic carbocycles. The van der Waals surface area contributed by atoms with Gasteiger partial charge in [-0.25, -0.2) is 0 Å². The molecule has 0 fully saturated rings. The summed E-state index contributed by atoms with van der Waals surface area (Å²) in [5, 5.41) is 11.8. The summed E-state index contributed by atoms with van der Waals surface area (Å²) >= 11 is 5.89. The van der Waals surface area contributed by atoms with Crippen LogP contribution in [-0.4, -0.2) is 24.3 Å². The molecule has 0 aromatic heterocycles. The molecular formula is C10H12ClFN2O2. The van der Waals surface area contributed by atoms with Crippen LogP contribution >= 0.6 is 11.6 Å². The molecule has 1 aromatic carbocycles. The summed E-state index contributed by atoms with van der Waals surface area (Å²) in [6, 6.07) is 4.88. The van der Waals surface area contributed by atoms with Crippen molar-refractivity contribution < 1.29 is 14.3 Å². The van der Waals surface area contributed by atoms with Crippen LogP contribution in [0.5, 0.6) is 5.75 Å². The minimum atomic E-state index is -0.459. The van der Waals surface area contributed by atoms with Gasteiger partial charge < -0.3 is 15.7 Å². The van der Waals surface area contributed by atoms with Gasteiger partial charge in [-0.2, -0.15) is 0 Å². The highest BCUT2D eigenvalue weighted by Gasteiger charge is 2.12. The van der Waals surface area contributed by atoms with Gasteiger partial charge in [0.2, 0.25) is 0 Å². The molecule has 4 nitrogen and oxygen atoms in total. The van der Waals surface area contributed by atoms with Crippen LogP contribution in [0.4, 0.5) is 4.39 Å². The second-order valence-corrected chi connectivity index (χ2v) is 3.40. The van der Waals surface area contributed by atoms with Crippen LogP contribution in [-0.2, 0) is 0 Å². The minimum Gasteiger partial charge on any atom is -0.493 e. The van der Waals surface area contributed by atoms with Crippen molar-refractivity contribution in [1.29, 1.82) is 0 Å². The number of hydrogen-bond donors (Lipinski definition) is 2. The normalized spacial score (nSPS) is 11.5. The molecule has 1 aromatic rings. The Labute approximate surface area is 97.5 Å². The maximum absolute atomic E-state index is 11.9. The molecule has 1 rings (SSSR count). The molecule has 0 radical (unpaired) electrons. The number of hydrogen-bond acceptors (Lipinski definition) is 3. The second-order valence-electron chi connectivity index (χ2n) is 2.99. The number of nitrogens with zero attached hydrogens (tertiary/aromatic N) is 1. The summed E-state index contributed by atoms with van der Waals surface area (Å²) in [6.07, 6.45) is 0.280. The Morgan fingerprint density at radius 3 is 2.94 bits per heavy atom. The largest absolute Gasteiger partial charge is 0.493 e. The Morgan fingerprint density at radius 1 is 1.56 bits per heavy atom. The molecule has 0 atom stereocenters. The lowest BCUT2D eigenvalue weighted by Crippen LogP contribution is -2.16. The molecule has 88 valence electrons. The average Bonchev–Trinajstić information content (AvgIpc) is 2.29. The van der Waals surface area contributed by atoms with Crippen LogP contribution in [0.15, 0.2) is 23.4 Å². The van der Waals surface area contributed by atoms with E-state index in [1.807, 2.05) is 0 Å². The molecule has 16 heavy (non-hydrogen) atoms. The van der Waals surface area contributed by atoms with E-state index in [0.717, 1.165) is 0 Å². The van der Waals surface area contributed by atoms with E-state index in [-0.39, 0.29) is 18.9 Å². The number of amidine groups is 1. The number of nitrogens with two attached hydrogens (primary N) is 1. The summed E-state index contributed by atoms with van der Waals surface area (Å²) in [5.74, 6) is 0.233. The second kappa shape index (κ2) is 6.17.